The van der Waals surface area contributed by atoms with Gasteiger partial charge in [-0.2, -0.15) is 0 Å². The summed E-state index contributed by atoms with van der Waals surface area (Å²) in [4.78, 5) is 2.27. The van der Waals surface area contributed by atoms with Crippen molar-refractivity contribution in [1.82, 2.24) is 4.90 Å². The van der Waals surface area contributed by atoms with E-state index in [1.54, 1.807) is 21.3 Å². The minimum absolute atomic E-state index is 0.247. The summed E-state index contributed by atoms with van der Waals surface area (Å²) >= 11 is 0. The largest absolute Gasteiger partial charge is 0.493 e. The lowest BCUT2D eigenvalue weighted by Crippen LogP contribution is -2.36. The fourth-order valence-corrected chi connectivity index (χ4v) is 4.24. The summed E-state index contributed by atoms with van der Waals surface area (Å²) in [6.45, 7) is 1.12. The molecular formula is C21H21NO5. The zero-order valence-corrected chi connectivity index (χ0v) is 15.6. The van der Waals surface area contributed by atoms with Crippen molar-refractivity contribution in [3.63, 3.8) is 0 Å². The summed E-state index contributed by atoms with van der Waals surface area (Å²) in [5.41, 5.74) is 5.61. The summed E-state index contributed by atoms with van der Waals surface area (Å²) in [5, 5.41) is 0. The lowest BCUT2D eigenvalue weighted by Gasteiger charge is -2.42. The van der Waals surface area contributed by atoms with Crippen LogP contribution in [0.1, 0.15) is 28.5 Å². The monoisotopic (exact) mass is 367 g/mol. The summed E-state index contributed by atoms with van der Waals surface area (Å²) in [6.07, 6.45) is 2.85. The van der Waals surface area contributed by atoms with Crippen molar-refractivity contribution >= 4 is 11.8 Å². The first kappa shape index (κ1) is 16.3. The average Bonchev–Trinajstić information content (AvgIpc) is 3.16. The molecule has 0 aliphatic carbocycles. The number of methoxy groups -OCH3 is 3. The molecule has 1 atom stereocenters. The van der Waals surface area contributed by atoms with E-state index < -0.39 is 0 Å². The second-order valence-electron chi connectivity index (χ2n) is 6.73. The van der Waals surface area contributed by atoms with Gasteiger partial charge in [-0.05, 0) is 41.8 Å². The van der Waals surface area contributed by atoms with E-state index in [4.69, 9.17) is 23.7 Å². The molecule has 140 valence electrons. The van der Waals surface area contributed by atoms with Crippen LogP contribution in [0, 0.1) is 0 Å². The topological polar surface area (TPSA) is 49.4 Å². The van der Waals surface area contributed by atoms with Crippen molar-refractivity contribution < 1.29 is 23.7 Å². The number of ether oxygens (including phenoxy) is 5. The number of hydrogen-bond acceptors (Lipinski definition) is 6. The predicted molar refractivity (Wildman–Crippen MR) is 100 cm³/mol. The Labute approximate surface area is 157 Å². The second kappa shape index (κ2) is 6.09. The van der Waals surface area contributed by atoms with Crippen LogP contribution in [0.5, 0.6) is 23.0 Å². The van der Waals surface area contributed by atoms with Crippen LogP contribution in [-0.2, 0) is 11.2 Å². The molecule has 0 unspecified atom stereocenters. The molecule has 3 heterocycles. The van der Waals surface area contributed by atoms with Crippen molar-refractivity contribution in [1.29, 1.82) is 0 Å². The fourth-order valence-electron chi connectivity index (χ4n) is 4.24. The molecule has 0 bridgehead atoms. The normalized spacial score (nSPS) is 19.0. The number of fused-ring (bicyclic) bond motifs is 5. The number of benzene rings is 2. The molecule has 2 aromatic carbocycles. The summed E-state index contributed by atoms with van der Waals surface area (Å²) in [7, 11) is 5.04. The highest BCUT2D eigenvalue weighted by Crippen LogP contribution is 2.49. The van der Waals surface area contributed by atoms with Crippen molar-refractivity contribution in [2.75, 3.05) is 34.7 Å². The second-order valence-corrected chi connectivity index (χ2v) is 6.73. The van der Waals surface area contributed by atoms with Gasteiger partial charge >= 0.3 is 0 Å². The molecular weight excluding hydrogens is 346 g/mol. The fraction of sp³-hybridized carbons (Fsp3) is 0.333. The molecule has 3 aliphatic rings. The van der Waals surface area contributed by atoms with Crippen LogP contribution >= 0.6 is 0 Å². The van der Waals surface area contributed by atoms with Crippen molar-refractivity contribution in [3.05, 3.63) is 46.5 Å². The lowest BCUT2D eigenvalue weighted by molar-refractivity contribution is -0.00470. The standard InChI is InChI=1S/C21H21NO5/c1-23-16-5-4-13-8-15-14-10-18-17(26-11-27-18)9-12(14)6-7-22(15)21(25-3)19(13)20(16)24-2/h4-5,8-10,21H,6-7,11H2,1-3H3/t21-/m0/s1. The Balaban J connectivity index is 1.71. The smallest absolute Gasteiger partial charge is 0.231 e. The van der Waals surface area contributed by atoms with E-state index in [1.807, 2.05) is 12.1 Å². The van der Waals surface area contributed by atoms with E-state index >= 15 is 0 Å². The summed E-state index contributed by atoms with van der Waals surface area (Å²) in [5.74, 6) is 3.04. The molecule has 0 saturated heterocycles. The molecule has 0 amide bonds. The van der Waals surface area contributed by atoms with Gasteiger partial charge in [0.25, 0.3) is 0 Å². The van der Waals surface area contributed by atoms with Gasteiger partial charge in [0.2, 0.25) is 6.79 Å². The molecule has 0 N–H and O–H groups in total. The third-order valence-corrected chi connectivity index (χ3v) is 5.47. The molecule has 0 saturated carbocycles. The van der Waals surface area contributed by atoms with Crippen LogP contribution in [0.4, 0.5) is 0 Å². The summed E-state index contributed by atoms with van der Waals surface area (Å²) in [6, 6.07) is 8.16. The van der Waals surface area contributed by atoms with Gasteiger partial charge in [-0.3, -0.25) is 0 Å². The first-order valence-electron chi connectivity index (χ1n) is 8.94. The highest BCUT2D eigenvalue weighted by Gasteiger charge is 2.36. The number of hydrogen-bond donors (Lipinski definition) is 0. The van der Waals surface area contributed by atoms with Crippen molar-refractivity contribution in [3.8, 4) is 23.0 Å². The minimum atomic E-state index is -0.247. The van der Waals surface area contributed by atoms with E-state index in [1.165, 1.54) is 5.56 Å². The molecule has 27 heavy (non-hydrogen) atoms. The zero-order valence-electron chi connectivity index (χ0n) is 15.6. The molecule has 3 aliphatic heterocycles. The van der Waals surface area contributed by atoms with Gasteiger partial charge in [0.1, 0.15) is 0 Å². The SMILES string of the molecule is COc1ccc2c(c1OC)[C@H](OC)N1CCc3cc4c(cc3C1=C2)OCO4. The van der Waals surface area contributed by atoms with E-state index in [9.17, 15) is 0 Å². The van der Waals surface area contributed by atoms with Gasteiger partial charge in [0.05, 0.1) is 19.8 Å². The maximum atomic E-state index is 5.93. The van der Waals surface area contributed by atoms with E-state index in [-0.39, 0.29) is 13.0 Å². The van der Waals surface area contributed by atoms with Gasteiger partial charge in [-0.15, -0.1) is 0 Å². The molecule has 6 nitrogen and oxygen atoms in total. The zero-order chi connectivity index (χ0) is 18.5. The Hall–Kier alpha value is -2.86. The first-order chi connectivity index (χ1) is 13.2. The third-order valence-electron chi connectivity index (χ3n) is 5.47. The van der Waals surface area contributed by atoms with Gasteiger partial charge in [-0.1, -0.05) is 6.07 Å². The van der Waals surface area contributed by atoms with Crippen LogP contribution < -0.4 is 18.9 Å². The molecule has 0 radical (unpaired) electrons. The van der Waals surface area contributed by atoms with Crippen LogP contribution in [0.3, 0.4) is 0 Å². The molecule has 2 aromatic rings. The first-order valence-corrected chi connectivity index (χ1v) is 8.94. The molecule has 0 spiro atoms. The maximum Gasteiger partial charge on any atom is 0.231 e. The molecule has 0 aromatic heterocycles. The Morgan fingerprint density at radius 3 is 2.59 bits per heavy atom. The van der Waals surface area contributed by atoms with E-state index in [0.717, 1.165) is 46.9 Å². The van der Waals surface area contributed by atoms with Crippen LogP contribution in [-0.4, -0.2) is 39.6 Å². The summed E-state index contributed by atoms with van der Waals surface area (Å²) < 4.78 is 28.2. The lowest BCUT2D eigenvalue weighted by atomic mass is 9.89. The highest BCUT2D eigenvalue weighted by atomic mass is 16.7. The van der Waals surface area contributed by atoms with Crippen LogP contribution in [0.2, 0.25) is 0 Å². The number of nitrogens with zero attached hydrogens (tertiary/aromatic N) is 1. The Morgan fingerprint density at radius 2 is 1.85 bits per heavy atom. The minimum Gasteiger partial charge on any atom is -0.493 e. The van der Waals surface area contributed by atoms with E-state index in [0.29, 0.717) is 11.5 Å². The van der Waals surface area contributed by atoms with Gasteiger partial charge in [0.15, 0.2) is 29.2 Å². The Bertz CT molecular complexity index is 952. The van der Waals surface area contributed by atoms with Crippen molar-refractivity contribution in [2.45, 2.75) is 12.6 Å². The van der Waals surface area contributed by atoms with Crippen LogP contribution in [0.25, 0.3) is 11.8 Å². The molecule has 0 fully saturated rings. The average molecular weight is 367 g/mol. The Morgan fingerprint density at radius 1 is 1.04 bits per heavy atom. The highest BCUT2D eigenvalue weighted by molar-refractivity contribution is 5.87. The Kier molecular flexibility index (Phi) is 3.68. The third kappa shape index (κ3) is 2.29. The maximum absolute atomic E-state index is 5.93. The van der Waals surface area contributed by atoms with E-state index in [2.05, 4.69) is 23.1 Å². The van der Waals surface area contributed by atoms with Gasteiger partial charge in [0, 0.05) is 24.9 Å². The predicted octanol–water partition coefficient (Wildman–Crippen LogP) is 3.45. The number of rotatable bonds is 3. The van der Waals surface area contributed by atoms with Crippen LogP contribution in [0.15, 0.2) is 24.3 Å². The van der Waals surface area contributed by atoms with Gasteiger partial charge in [-0.25, -0.2) is 0 Å². The quantitative estimate of drug-likeness (QED) is 0.828. The molecule has 5 rings (SSSR count). The van der Waals surface area contributed by atoms with Gasteiger partial charge < -0.3 is 28.6 Å². The molecule has 6 heteroatoms. The van der Waals surface area contributed by atoms with Crippen molar-refractivity contribution in [2.24, 2.45) is 0 Å².